The van der Waals surface area contributed by atoms with Gasteiger partial charge in [0.15, 0.2) is 0 Å². The van der Waals surface area contributed by atoms with Crippen LogP contribution in [0.2, 0.25) is 0 Å². The fraction of sp³-hybridized carbons (Fsp3) is 0.533. The van der Waals surface area contributed by atoms with Gasteiger partial charge in [-0.1, -0.05) is 6.07 Å². The molecular formula is C15H18F2N2O. The van der Waals surface area contributed by atoms with Crippen LogP contribution >= 0.6 is 0 Å². The maximum absolute atomic E-state index is 13.7. The van der Waals surface area contributed by atoms with Crippen LogP contribution in [0, 0.1) is 11.6 Å². The maximum Gasteiger partial charge on any atom is 0.240 e. The van der Waals surface area contributed by atoms with Gasteiger partial charge in [-0.05, 0) is 31.7 Å². The molecule has 2 aliphatic rings. The van der Waals surface area contributed by atoms with E-state index in [0.717, 1.165) is 31.7 Å². The molecule has 1 unspecified atom stereocenters. The lowest BCUT2D eigenvalue weighted by Gasteiger charge is -2.33. The van der Waals surface area contributed by atoms with Crippen LogP contribution in [0.1, 0.15) is 31.2 Å². The molecule has 1 N–H and O–H groups in total. The van der Waals surface area contributed by atoms with E-state index in [9.17, 15) is 13.6 Å². The van der Waals surface area contributed by atoms with Crippen LogP contribution in [0.15, 0.2) is 18.2 Å². The molecule has 1 saturated carbocycles. The number of likely N-dealkylation sites (tertiary alicyclic amines) is 1. The van der Waals surface area contributed by atoms with Crippen molar-refractivity contribution in [3.63, 3.8) is 0 Å². The first-order chi connectivity index (χ1) is 9.63. The summed E-state index contributed by atoms with van der Waals surface area (Å²) in [5.41, 5.74) is 0.367. The van der Waals surface area contributed by atoms with Gasteiger partial charge in [0, 0.05) is 30.8 Å². The highest BCUT2D eigenvalue weighted by molar-refractivity contribution is 5.82. The molecule has 1 amide bonds. The normalized spacial score (nSPS) is 23.2. The van der Waals surface area contributed by atoms with Crippen molar-refractivity contribution in [1.29, 1.82) is 0 Å². The summed E-state index contributed by atoms with van der Waals surface area (Å²) < 4.78 is 26.5. The second kappa shape index (κ2) is 5.48. The quantitative estimate of drug-likeness (QED) is 0.917. The van der Waals surface area contributed by atoms with Crippen molar-refractivity contribution in [3.05, 3.63) is 35.4 Å². The van der Waals surface area contributed by atoms with E-state index >= 15 is 0 Å². The Labute approximate surface area is 117 Å². The first kappa shape index (κ1) is 13.5. The Morgan fingerprint density at radius 3 is 2.75 bits per heavy atom. The molecule has 3 rings (SSSR count). The number of nitrogens with one attached hydrogen (secondary N) is 1. The zero-order valence-corrected chi connectivity index (χ0v) is 11.2. The van der Waals surface area contributed by atoms with Gasteiger partial charge >= 0.3 is 0 Å². The van der Waals surface area contributed by atoms with E-state index in [1.54, 1.807) is 4.90 Å². The van der Waals surface area contributed by atoms with Crippen LogP contribution in [-0.2, 0) is 11.3 Å². The number of halogens is 2. The fourth-order valence-corrected chi connectivity index (χ4v) is 2.64. The highest BCUT2D eigenvalue weighted by Crippen LogP contribution is 2.23. The molecule has 108 valence electrons. The first-order valence-electron chi connectivity index (χ1n) is 7.12. The predicted octanol–water partition coefficient (Wildman–Crippen LogP) is 2.21. The van der Waals surface area contributed by atoms with Gasteiger partial charge in [0.25, 0.3) is 0 Å². The lowest BCUT2D eigenvalue weighted by Crippen LogP contribution is -2.50. The fourth-order valence-electron chi connectivity index (χ4n) is 2.64. The summed E-state index contributed by atoms with van der Waals surface area (Å²) >= 11 is 0. The minimum Gasteiger partial charge on any atom is -0.337 e. The smallest absolute Gasteiger partial charge is 0.240 e. The molecule has 0 spiro atoms. The molecule has 0 bridgehead atoms. The molecule has 1 atom stereocenters. The van der Waals surface area contributed by atoms with E-state index in [2.05, 4.69) is 5.32 Å². The molecule has 1 saturated heterocycles. The van der Waals surface area contributed by atoms with Crippen molar-refractivity contribution in [2.75, 3.05) is 6.54 Å². The molecule has 1 aromatic carbocycles. The molecule has 2 fully saturated rings. The van der Waals surface area contributed by atoms with E-state index in [1.807, 2.05) is 0 Å². The van der Waals surface area contributed by atoms with Crippen LogP contribution in [0.4, 0.5) is 8.78 Å². The second-order valence-electron chi connectivity index (χ2n) is 5.63. The van der Waals surface area contributed by atoms with Crippen molar-refractivity contribution >= 4 is 5.91 Å². The molecule has 1 aliphatic carbocycles. The zero-order valence-electron chi connectivity index (χ0n) is 11.2. The highest BCUT2D eigenvalue weighted by atomic mass is 19.1. The van der Waals surface area contributed by atoms with Crippen LogP contribution in [0.5, 0.6) is 0 Å². The van der Waals surface area contributed by atoms with Crippen molar-refractivity contribution in [2.45, 2.75) is 44.3 Å². The summed E-state index contributed by atoms with van der Waals surface area (Å²) in [5, 5.41) is 3.34. The van der Waals surface area contributed by atoms with Gasteiger partial charge in [-0.25, -0.2) is 8.78 Å². The van der Waals surface area contributed by atoms with E-state index in [-0.39, 0.29) is 18.5 Å². The summed E-state index contributed by atoms with van der Waals surface area (Å²) in [6.45, 7) is 0.853. The van der Waals surface area contributed by atoms with Crippen molar-refractivity contribution in [3.8, 4) is 0 Å². The average molecular weight is 280 g/mol. The molecule has 1 heterocycles. The maximum atomic E-state index is 13.7. The second-order valence-corrected chi connectivity index (χ2v) is 5.63. The predicted molar refractivity (Wildman–Crippen MR) is 71.0 cm³/mol. The lowest BCUT2D eigenvalue weighted by atomic mass is 10.0. The number of benzene rings is 1. The van der Waals surface area contributed by atoms with Gasteiger partial charge in [0.2, 0.25) is 5.91 Å². The minimum atomic E-state index is -0.593. The number of carbonyl (C=O) groups is 1. The third kappa shape index (κ3) is 2.98. The minimum absolute atomic E-state index is 0.0341. The number of carbonyl (C=O) groups excluding carboxylic acids is 1. The van der Waals surface area contributed by atoms with E-state index < -0.39 is 11.6 Å². The van der Waals surface area contributed by atoms with E-state index in [1.165, 1.54) is 12.1 Å². The summed E-state index contributed by atoms with van der Waals surface area (Å²) in [4.78, 5) is 14.0. The summed E-state index contributed by atoms with van der Waals surface area (Å²) in [5.74, 6) is -1.15. The van der Waals surface area contributed by atoms with Crippen molar-refractivity contribution in [2.24, 2.45) is 0 Å². The van der Waals surface area contributed by atoms with Gasteiger partial charge < -0.3 is 10.2 Å². The molecule has 3 nitrogen and oxygen atoms in total. The Hall–Kier alpha value is -1.49. The molecule has 0 aromatic heterocycles. The highest BCUT2D eigenvalue weighted by Gasteiger charge is 2.33. The SMILES string of the molecule is O=C1C(NC2CC2)CCCN1Cc1ccc(F)cc1F. The largest absolute Gasteiger partial charge is 0.337 e. The Kier molecular flexibility index (Phi) is 3.70. The molecule has 0 radical (unpaired) electrons. The van der Waals surface area contributed by atoms with Crippen LogP contribution < -0.4 is 5.32 Å². The Morgan fingerprint density at radius 1 is 1.25 bits per heavy atom. The number of piperidine rings is 1. The molecular weight excluding hydrogens is 262 g/mol. The third-order valence-electron chi connectivity index (χ3n) is 3.92. The van der Waals surface area contributed by atoms with Crippen LogP contribution in [0.25, 0.3) is 0 Å². The number of hydrogen-bond donors (Lipinski definition) is 1. The topological polar surface area (TPSA) is 32.3 Å². The summed E-state index contributed by atoms with van der Waals surface area (Å²) in [7, 11) is 0. The lowest BCUT2D eigenvalue weighted by molar-refractivity contribution is -0.136. The Balaban J connectivity index is 1.67. The standard InChI is InChI=1S/C15H18F2N2O/c16-11-4-3-10(13(17)8-11)9-19-7-1-2-14(15(19)20)18-12-5-6-12/h3-4,8,12,14,18H,1-2,5-7,9H2. The van der Waals surface area contributed by atoms with Crippen LogP contribution in [0.3, 0.4) is 0 Å². The Morgan fingerprint density at radius 2 is 2.05 bits per heavy atom. The number of amides is 1. The van der Waals surface area contributed by atoms with Gasteiger partial charge in [0.05, 0.1) is 6.04 Å². The summed E-state index contributed by atoms with van der Waals surface area (Å²) in [6.07, 6.45) is 4.03. The molecule has 1 aliphatic heterocycles. The van der Waals surface area contributed by atoms with Crippen molar-refractivity contribution in [1.82, 2.24) is 10.2 Å². The number of hydrogen-bond acceptors (Lipinski definition) is 2. The van der Waals surface area contributed by atoms with Crippen molar-refractivity contribution < 1.29 is 13.6 Å². The van der Waals surface area contributed by atoms with Gasteiger partial charge in [-0.3, -0.25) is 4.79 Å². The third-order valence-corrected chi connectivity index (χ3v) is 3.92. The number of rotatable bonds is 4. The Bertz CT molecular complexity index is 517. The monoisotopic (exact) mass is 280 g/mol. The van der Waals surface area contributed by atoms with E-state index in [0.29, 0.717) is 18.2 Å². The molecule has 5 heteroatoms. The van der Waals surface area contributed by atoms with Gasteiger partial charge in [0.1, 0.15) is 11.6 Å². The summed E-state index contributed by atoms with van der Waals surface area (Å²) in [6, 6.07) is 3.85. The van der Waals surface area contributed by atoms with Gasteiger partial charge in [-0.2, -0.15) is 0 Å². The van der Waals surface area contributed by atoms with Gasteiger partial charge in [-0.15, -0.1) is 0 Å². The van der Waals surface area contributed by atoms with Crippen LogP contribution in [-0.4, -0.2) is 29.4 Å². The zero-order chi connectivity index (χ0) is 14.1. The first-order valence-corrected chi connectivity index (χ1v) is 7.12. The number of nitrogens with zero attached hydrogens (tertiary/aromatic N) is 1. The van der Waals surface area contributed by atoms with E-state index in [4.69, 9.17) is 0 Å². The average Bonchev–Trinajstić information content (AvgIpc) is 3.21. The molecule has 1 aromatic rings. The molecule has 20 heavy (non-hydrogen) atoms.